The molecule has 0 aromatic rings. The summed E-state index contributed by atoms with van der Waals surface area (Å²) in [6.45, 7) is 4.25. The first kappa shape index (κ1) is 15.7. The monoisotopic (exact) mass is 300 g/mol. The Hall–Kier alpha value is -0.720. The molecule has 5 nitrogen and oxygen atoms in total. The molecular formula is C14H24N2O3S. The summed E-state index contributed by atoms with van der Waals surface area (Å²) in [4.78, 5) is 15.0. The molecule has 1 atom stereocenters. The summed E-state index contributed by atoms with van der Waals surface area (Å²) in [7, 11) is 0. The number of likely N-dealkylation sites (tertiary alicyclic amines) is 1. The second kappa shape index (κ2) is 6.37. The quantitative estimate of drug-likeness (QED) is 0.750. The van der Waals surface area contributed by atoms with Crippen LogP contribution in [0.5, 0.6) is 0 Å². The first-order chi connectivity index (χ1) is 9.47. The van der Waals surface area contributed by atoms with Gasteiger partial charge >= 0.3 is 0 Å². The molecule has 2 heterocycles. The maximum absolute atomic E-state index is 12.8. The zero-order valence-corrected chi connectivity index (χ0v) is 12.8. The Balaban J connectivity index is 2.04. The maximum atomic E-state index is 12.8. The van der Waals surface area contributed by atoms with E-state index in [-0.39, 0.29) is 17.9 Å². The van der Waals surface area contributed by atoms with Crippen LogP contribution in [0.4, 0.5) is 0 Å². The minimum Gasteiger partial charge on any atom is -0.393 e. The van der Waals surface area contributed by atoms with Crippen molar-refractivity contribution >= 4 is 23.1 Å². The Morgan fingerprint density at radius 3 is 2.40 bits per heavy atom. The number of piperidine rings is 1. The van der Waals surface area contributed by atoms with E-state index in [9.17, 15) is 9.90 Å². The van der Waals surface area contributed by atoms with Crippen LogP contribution < -0.4 is 5.73 Å². The van der Waals surface area contributed by atoms with Gasteiger partial charge in [-0.3, -0.25) is 4.79 Å². The minimum atomic E-state index is -0.717. The summed E-state index contributed by atoms with van der Waals surface area (Å²) in [5.41, 5.74) is 5.16. The van der Waals surface area contributed by atoms with Gasteiger partial charge in [-0.15, -0.1) is 0 Å². The molecule has 1 amide bonds. The molecule has 2 rings (SSSR count). The van der Waals surface area contributed by atoms with E-state index in [1.807, 2.05) is 11.8 Å². The first-order valence-corrected chi connectivity index (χ1v) is 7.73. The van der Waals surface area contributed by atoms with Gasteiger partial charge in [0.2, 0.25) is 5.91 Å². The number of ether oxygens (including phenoxy) is 1. The average Bonchev–Trinajstić information content (AvgIpc) is 2.47. The van der Waals surface area contributed by atoms with Crippen LogP contribution in [0, 0.1) is 11.3 Å². The summed E-state index contributed by atoms with van der Waals surface area (Å²) < 4.78 is 5.34. The van der Waals surface area contributed by atoms with Gasteiger partial charge < -0.3 is 20.5 Å². The Morgan fingerprint density at radius 2 is 1.95 bits per heavy atom. The van der Waals surface area contributed by atoms with Crippen LogP contribution in [-0.4, -0.2) is 53.3 Å². The molecule has 0 spiro atoms. The molecule has 0 aromatic heterocycles. The number of carbonyl (C=O) groups excluding carboxylic acids is 1. The van der Waals surface area contributed by atoms with Crippen LogP contribution in [0.2, 0.25) is 0 Å². The molecular weight excluding hydrogens is 276 g/mol. The third-order valence-electron chi connectivity index (χ3n) is 4.74. The number of hydrogen-bond acceptors (Lipinski definition) is 4. The average molecular weight is 300 g/mol. The topological polar surface area (TPSA) is 75.8 Å². The molecule has 20 heavy (non-hydrogen) atoms. The van der Waals surface area contributed by atoms with Crippen molar-refractivity contribution < 1.29 is 14.6 Å². The third-order valence-corrected chi connectivity index (χ3v) is 5.13. The van der Waals surface area contributed by atoms with Gasteiger partial charge in [0, 0.05) is 26.3 Å². The summed E-state index contributed by atoms with van der Waals surface area (Å²) in [5.74, 6) is 0.340. The lowest BCUT2D eigenvalue weighted by Crippen LogP contribution is -2.55. The van der Waals surface area contributed by atoms with Crippen LogP contribution in [-0.2, 0) is 9.53 Å². The second-order valence-corrected chi connectivity index (χ2v) is 6.37. The van der Waals surface area contributed by atoms with Gasteiger partial charge in [-0.2, -0.15) is 0 Å². The van der Waals surface area contributed by atoms with Crippen molar-refractivity contribution in [3.8, 4) is 0 Å². The lowest BCUT2D eigenvalue weighted by molar-refractivity contribution is -0.144. The SMILES string of the molecule is CC(O)C1CCN(C(=O)C2(C(N)=S)CCOCC2)CC1. The van der Waals surface area contributed by atoms with Crippen LogP contribution in [0.15, 0.2) is 0 Å². The number of nitrogens with zero attached hydrogens (tertiary/aromatic N) is 1. The van der Waals surface area contributed by atoms with Gasteiger partial charge in [-0.05, 0) is 38.5 Å². The fourth-order valence-electron chi connectivity index (χ4n) is 3.17. The zero-order chi connectivity index (χ0) is 14.8. The van der Waals surface area contributed by atoms with Gasteiger partial charge in [-0.25, -0.2) is 0 Å². The van der Waals surface area contributed by atoms with Crippen molar-refractivity contribution in [2.45, 2.75) is 38.7 Å². The van der Waals surface area contributed by atoms with Gasteiger partial charge in [-0.1, -0.05) is 12.2 Å². The van der Waals surface area contributed by atoms with E-state index < -0.39 is 5.41 Å². The maximum Gasteiger partial charge on any atom is 0.235 e. The Labute approximate surface area is 125 Å². The number of amides is 1. The summed E-state index contributed by atoms with van der Waals surface area (Å²) >= 11 is 5.17. The number of carbonyl (C=O) groups is 1. The van der Waals surface area contributed by atoms with E-state index in [0.717, 1.165) is 12.8 Å². The van der Waals surface area contributed by atoms with E-state index in [1.54, 1.807) is 0 Å². The van der Waals surface area contributed by atoms with Gasteiger partial charge in [0.1, 0.15) is 5.41 Å². The summed E-state index contributed by atoms with van der Waals surface area (Å²) in [6, 6.07) is 0. The molecule has 0 aromatic carbocycles. The Kier molecular flexibility index (Phi) is 4.99. The molecule has 0 radical (unpaired) electrons. The zero-order valence-electron chi connectivity index (χ0n) is 12.0. The predicted octanol–water partition coefficient (Wildman–Crippen LogP) is 0.689. The van der Waals surface area contributed by atoms with Crippen molar-refractivity contribution in [2.24, 2.45) is 17.1 Å². The van der Waals surface area contributed by atoms with E-state index in [2.05, 4.69) is 0 Å². The number of aliphatic hydroxyl groups is 1. The lowest BCUT2D eigenvalue weighted by Gasteiger charge is -2.41. The van der Waals surface area contributed by atoms with Crippen LogP contribution in [0.25, 0.3) is 0 Å². The van der Waals surface area contributed by atoms with E-state index in [1.165, 1.54) is 0 Å². The fraction of sp³-hybridized carbons (Fsp3) is 0.857. The minimum absolute atomic E-state index is 0.0531. The number of nitrogens with two attached hydrogens (primary N) is 1. The normalized spacial score (nSPS) is 25.2. The molecule has 2 fully saturated rings. The van der Waals surface area contributed by atoms with E-state index in [4.69, 9.17) is 22.7 Å². The highest BCUT2D eigenvalue weighted by molar-refractivity contribution is 7.80. The highest BCUT2D eigenvalue weighted by Crippen LogP contribution is 2.35. The molecule has 2 aliphatic rings. The number of hydrogen-bond donors (Lipinski definition) is 2. The third kappa shape index (κ3) is 2.97. The van der Waals surface area contributed by atoms with Gasteiger partial charge in [0.15, 0.2) is 0 Å². The second-order valence-electron chi connectivity index (χ2n) is 5.93. The van der Waals surface area contributed by atoms with Crippen molar-refractivity contribution in [1.82, 2.24) is 4.90 Å². The van der Waals surface area contributed by atoms with E-state index >= 15 is 0 Å². The Bertz CT molecular complexity index is 373. The van der Waals surface area contributed by atoms with Crippen molar-refractivity contribution in [3.05, 3.63) is 0 Å². The number of thiocarbonyl (C=S) groups is 1. The van der Waals surface area contributed by atoms with Crippen LogP contribution in [0.1, 0.15) is 32.6 Å². The molecule has 1 unspecified atom stereocenters. The van der Waals surface area contributed by atoms with Crippen LogP contribution in [0.3, 0.4) is 0 Å². The van der Waals surface area contributed by atoms with Crippen molar-refractivity contribution in [3.63, 3.8) is 0 Å². The first-order valence-electron chi connectivity index (χ1n) is 7.32. The molecule has 0 bridgehead atoms. The van der Waals surface area contributed by atoms with Crippen molar-refractivity contribution in [1.29, 1.82) is 0 Å². The van der Waals surface area contributed by atoms with Crippen LogP contribution >= 0.6 is 12.2 Å². The highest BCUT2D eigenvalue weighted by Gasteiger charge is 2.45. The lowest BCUT2D eigenvalue weighted by atomic mass is 9.78. The Morgan fingerprint density at radius 1 is 1.40 bits per heavy atom. The smallest absolute Gasteiger partial charge is 0.235 e. The summed E-state index contributed by atoms with van der Waals surface area (Å²) in [6.07, 6.45) is 2.54. The van der Waals surface area contributed by atoms with Gasteiger partial charge in [0.25, 0.3) is 0 Å². The van der Waals surface area contributed by atoms with Gasteiger partial charge in [0.05, 0.1) is 11.1 Å². The molecule has 2 saturated heterocycles. The molecule has 6 heteroatoms. The highest BCUT2D eigenvalue weighted by atomic mass is 32.1. The molecule has 3 N–H and O–H groups in total. The number of aliphatic hydroxyl groups excluding tert-OH is 1. The van der Waals surface area contributed by atoms with Crippen molar-refractivity contribution in [2.75, 3.05) is 26.3 Å². The number of rotatable bonds is 3. The molecule has 2 aliphatic heterocycles. The summed E-state index contributed by atoms with van der Waals surface area (Å²) in [5, 5.41) is 9.63. The molecule has 114 valence electrons. The standard InChI is InChI=1S/C14H24N2O3S/c1-10(17)11-2-6-16(7-3-11)13(18)14(12(15)20)4-8-19-9-5-14/h10-11,17H,2-9H2,1H3,(H2,15,20). The largest absolute Gasteiger partial charge is 0.393 e. The van der Waals surface area contributed by atoms with E-state index in [0.29, 0.717) is 44.1 Å². The molecule has 0 saturated carbocycles. The fourth-order valence-corrected chi connectivity index (χ4v) is 3.46. The predicted molar refractivity (Wildman–Crippen MR) is 80.3 cm³/mol. The molecule has 0 aliphatic carbocycles.